The summed E-state index contributed by atoms with van der Waals surface area (Å²) in [6.07, 6.45) is 3.51. The molecular weight excluding hydrogens is 504 g/mol. The molecular formula is C28H29ClN6O3. The van der Waals surface area contributed by atoms with Gasteiger partial charge in [-0.25, -0.2) is 9.97 Å². The summed E-state index contributed by atoms with van der Waals surface area (Å²) in [7, 11) is 0. The maximum absolute atomic E-state index is 12.0. The number of rotatable bonds is 9. The van der Waals surface area contributed by atoms with E-state index < -0.39 is 0 Å². The van der Waals surface area contributed by atoms with Crippen molar-refractivity contribution in [1.29, 1.82) is 0 Å². The van der Waals surface area contributed by atoms with E-state index in [2.05, 4.69) is 34.3 Å². The van der Waals surface area contributed by atoms with E-state index in [0.717, 1.165) is 30.5 Å². The van der Waals surface area contributed by atoms with Crippen LogP contribution in [0.3, 0.4) is 0 Å². The number of halogens is 1. The van der Waals surface area contributed by atoms with Crippen molar-refractivity contribution >= 4 is 28.7 Å². The molecule has 3 heterocycles. The quantitative estimate of drug-likeness (QED) is 0.349. The molecule has 1 aliphatic carbocycles. The second-order valence-corrected chi connectivity index (χ2v) is 10.4. The monoisotopic (exact) mass is 532 g/mol. The summed E-state index contributed by atoms with van der Waals surface area (Å²) < 4.78 is 14.2. The Morgan fingerprint density at radius 1 is 1.13 bits per heavy atom. The van der Waals surface area contributed by atoms with Crippen molar-refractivity contribution < 1.29 is 14.3 Å². The molecule has 1 saturated carbocycles. The van der Waals surface area contributed by atoms with Crippen molar-refractivity contribution in [3.8, 4) is 23.0 Å². The lowest BCUT2D eigenvalue weighted by molar-refractivity contribution is -0.132. The summed E-state index contributed by atoms with van der Waals surface area (Å²) in [4.78, 5) is 27.7. The molecule has 2 aromatic carbocycles. The number of carbonyl (C=O) groups excluding carboxylic acids is 1. The van der Waals surface area contributed by atoms with Crippen LogP contribution in [0.1, 0.15) is 25.3 Å². The minimum Gasteiger partial charge on any atom is -0.492 e. The molecule has 2 aromatic heterocycles. The van der Waals surface area contributed by atoms with E-state index in [0.29, 0.717) is 66.4 Å². The first kappa shape index (κ1) is 24.6. The molecule has 1 amide bonds. The highest BCUT2D eigenvalue weighted by molar-refractivity contribution is 6.33. The summed E-state index contributed by atoms with van der Waals surface area (Å²) in [6, 6.07) is 15.7. The predicted octanol–water partition coefficient (Wildman–Crippen LogP) is 3.94. The molecule has 196 valence electrons. The average molecular weight is 533 g/mol. The molecule has 0 radical (unpaired) electrons. The first-order chi connectivity index (χ1) is 18.5. The van der Waals surface area contributed by atoms with Crippen molar-refractivity contribution in [2.24, 2.45) is 0 Å². The minimum atomic E-state index is -0.198. The van der Waals surface area contributed by atoms with Crippen molar-refractivity contribution in [3.05, 3.63) is 65.4 Å². The van der Waals surface area contributed by atoms with Crippen LogP contribution in [0.25, 0.3) is 22.6 Å². The van der Waals surface area contributed by atoms with E-state index in [1.165, 1.54) is 6.33 Å². The van der Waals surface area contributed by atoms with Crippen LogP contribution in [-0.4, -0.2) is 68.7 Å². The molecule has 1 aliphatic heterocycles. The van der Waals surface area contributed by atoms with Gasteiger partial charge in [-0.1, -0.05) is 41.9 Å². The Labute approximate surface area is 225 Å². The number of ether oxygens (including phenoxy) is 2. The van der Waals surface area contributed by atoms with Crippen LogP contribution in [0, 0.1) is 0 Å². The zero-order valence-electron chi connectivity index (χ0n) is 21.2. The fraction of sp³-hybridized carbons (Fsp3) is 0.357. The van der Waals surface area contributed by atoms with Crippen LogP contribution in [-0.2, 0) is 11.3 Å². The molecule has 1 N–H and O–H groups in total. The smallest absolute Gasteiger partial charge is 0.245 e. The summed E-state index contributed by atoms with van der Waals surface area (Å²) >= 11 is 6.80. The highest BCUT2D eigenvalue weighted by atomic mass is 35.5. The van der Waals surface area contributed by atoms with Crippen molar-refractivity contribution in [2.45, 2.75) is 31.9 Å². The van der Waals surface area contributed by atoms with Gasteiger partial charge >= 0.3 is 0 Å². The molecule has 0 atom stereocenters. The van der Waals surface area contributed by atoms with Gasteiger partial charge in [0.05, 0.1) is 24.7 Å². The van der Waals surface area contributed by atoms with Gasteiger partial charge in [-0.15, -0.1) is 0 Å². The second-order valence-electron chi connectivity index (χ2n) is 9.96. The van der Waals surface area contributed by atoms with E-state index in [-0.39, 0.29) is 11.5 Å². The second kappa shape index (κ2) is 10.2. The molecule has 2 aliphatic rings. The number of nitrogens with zero attached hydrogens (tertiary/aromatic N) is 5. The molecule has 0 unspecified atom stereocenters. The average Bonchev–Trinajstić information content (AvgIpc) is 3.54. The van der Waals surface area contributed by atoms with Crippen LogP contribution in [0.4, 0.5) is 0 Å². The largest absolute Gasteiger partial charge is 0.492 e. The van der Waals surface area contributed by atoms with Gasteiger partial charge in [0.2, 0.25) is 11.8 Å². The van der Waals surface area contributed by atoms with Gasteiger partial charge in [-0.2, -0.15) is 4.98 Å². The molecule has 0 bridgehead atoms. The zero-order chi connectivity index (χ0) is 26.1. The van der Waals surface area contributed by atoms with Gasteiger partial charge in [-0.3, -0.25) is 4.79 Å². The number of imidazole rings is 1. The number of amides is 1. The first-order valence-electron chi connectivity index (χ1n) is 12.8. The van der Waals surface area contributed by atoms with E-state index in [4.69, 9.17) is 26.1 Å². The van der Waals surface area contributed by atoms with Gasteiger partial charge in [0.25, 0.3) is 0 Å². The number of aromatic nitrogens is 4. The molecule has 6 rings (SSSR count). The standard InChI is InChI=1S/C28H29ClN6O3/c1-28(9-10-28)38-27-24-26(31-18-32-27)35(17-19-5-3-2-4-6-19)25(33-24)21-8-7-20(15-22(21)29)37-14-13-34-12-11-30-16-23(34)36/h2-8,15,18,30H,9-14,16-17H2,1H3. The topological polar surface area (TPSA) is 94.4 Å². The Bertz CT molecular complexity index is 1470. The normalized spacial score (nSPS) is 16.6. The lowest BCUT2D eigenvalue weighted by Crippen LogP contribution is -2.49. The highest BCUT2D eigenvalue weighted by Crippen LogP contribution is 2.41. The van der Waals surface area contributed by atoms with Crippen molar-refractivity contribution in [1.82, 2.24) is 29.7 Å². The van der Waals surface area contributed by atoms with Gasteiger partial charge in [0.1, 0.15) is 30.1 Å². The maximum Gasteiger partial charge on any atom is 0.245 e. The molecule has 0 spiro atoms. The Hall–Kier alpha value is -3.69. The number of fused-ring (bicyclic) bond motifs is 1. The third kappa shape index (κ3) is 5.16. The van der Waals surface area contributed by atoms with Crippen LogP contribution >= 0.6 is 11.6 Å². The Morgan fingerprint density at radius 2 is 1.97 bits per heavy atom. The first-order valence-corrected chi connectivity index (χ1v) is 13.2. The maximum atomic E-state index is 12.0. The molecule has 1 saturated heterocycles. The van der Waals surface area contributed by atoms with Crippen LogP contribution in [0.2, 0.25) is 5.02 Å². The molecule has 9 nitrogen and oxygen atoms in total. The third-order valence-electron chi connectivity index (χ3n) is 6.98. The van der Waals surface area contributed by atoms with Gasteiger partial charge in [0.15, 0.2) is 11.2 Å². The van der Waals surface area contributed by atoms with E-state index >= 15 is 0 Å². The lowest BCUT2D eigenvalue weighted by atomic mass is 10.2. The number of hydrogen-bond donors (Lipinski definition) is 1. The summed E-state index contributed by atoms with van der Waals surface area (Å²) in [5.74, 6) is 1.89. The SMILES string of the molecule is CC1(Oc2ncnc3c2nc(-c2ccc(OCCN4CCNCC4=O)cc2Cl)n3Cc2ccccc2)CC1. The van der Waals surface area contributed by atoms with E-state index in [1.807, 2.05) is 34.9 Å². The minimum absolute atomic E-state index is 0.0904. The zero-order valence-corrected chi connectivity index (χ0v) is 21.9. The van der Waals surface area contributed by atoms with Crippen molar-refractivity contribution in [3.63, 3.8) is 0 Å². The van der Waals surface area contributed by atoms with Gasteiger partial charge in [0, 0.05) is 18.7 Å². The van der Waals surface area contributed by atoms with Crippen molar-refractivity contribution in [2.75, 3.05) is 32.8 Å². The number of hydrogen-bond acceptors (Lipinski definition) is 7. The molecule has 4 aromatic rings. The predicted molar refractivity (Wildman–Crippen MR) is 145 cm³/mol. The fourth-order valence-corrected chi connectivity index (χ4v) is 4.80. The van der Waals surface area contributed by atoms with Gasteiger partial charge in [-0.05, 0) is 43.5 Å². The summed E-state index contributed by atoms with van der Waals surface area (Å²) in [5, 5.41) is 3.58. The lowest BCUT2D eigenvalue weighted by Gasteiger charge is -2.27. The fourth-order valence-electron chi connectivity index (χ4n) is 4.55. The number of piperazine rings is 1. The van der Waals surface area contributed by atoms with Gasteiger partial charge < -0.3 is 24.3 Å². The molecule has 38 heavy (non-hydrogen) atoms. The number of carbonyl (C=O) groups is 1. The van der Waals surface area contributed by atoms with Crippen LogP contribution in [0.15, 0.2) is 54.9 Å². The number of nitrogens with one attached hydrogen (secondary N) is 1. The van der Waals surface area contributed by atoms with Crippen LogP contribution < -0.4 is 14.8 Å². The third-order valence-corrected chi connectivity index (χ3v) is 7.29. The highest BCUT2D eigenvalue weighted by Gasteiger charge is 2.41. The van der Waals surface area contributed by atoms with E-state index in [9.17, 15) is 4.79 Å². The summed E-state index contributed by atoms with van der Waals surface area (Å²) in [6.45, 7) is 5.43. The number of benzene rings is 2. The molecule has 2 fully saturated rings. The Kier molecular flexibility index (Phi) is 6.63. The Balaban J connectivity index is 1.30. The Morgan fingerprint density at radius 3 is 2.74 bits per heavy atom. The van der Waals surface area contributed by atoms with Crippen LogP contribution in [0.5, 0.6) is 11.6 Å². The summed E-state index contributed by atoms with van der Waals surface area (Å²) in [5.41, 5.74) is 2.98. The van der Waals surface area contributed by atoms with E-state index in [1.54, 1.807) is 11.0 Å². The molecule has 10 heteroatoms.